The molecule has 0 N–H and O–H groups in total. The third-order valence-electron chi connectivity index (χ3n) is 4.45. The van der Waals surface area contributed by atoms with Gasteiger partial charge in [0.25, 0.3) is 0 Å². The van der Waals surface area contributed by atoms with Gasteiger partial charge in [0, 0.05) is 31.3 Å². The van der Waals surface area contributed by atoms with Crippen molar-refractivity contribution >= 4 is 46.2 Å². The quantitative estimate of drug-likeness (QED) is 0.211. The zero-order chi connectivity index (χ0) is 17.4. The van der Waals surface area contributed by atoms with E-state index in [0.29, 0.717) is 9.98 Å². The van der Waals surface area contributed by atoms with Crippen LogP contribution in [-0.2, 0) is 16.5 Å². The number of hydrogen-bond donors (Lipinski definition) is 0. The molecular formula is C15H22N4NiO2S2. The van der Waals surface area contributed by atoms with Crippen LogP contribution >= 0.6 is 24.4 Å². The molecule has 0 spiro atoms. The minimum Gasteiger partial charge on any atom is -0.860 e. The Hall–Kier alpha value is -0.786. The van der Waals surface area contributed by atoms with Crippen LogP contribution < -0.4 is 10.2 Å². The van der Waals surface area contributed by atoms with E-state index in [1.807, 2.05) is 13.8 Å². The molecule has 2 rings (SSSR count). The third-order valence-corrected chi connectivity index (χ3v) is 5.96. The zero-order valence-corrected chi connectivity index (χ0v) is 16.9. The van der Waals surface area contributed by atoms with Gasteiger partial charge in [-0.3, -0.25) is 10.0 Å². The summed E-state index contributed by atoms with van der Waals surface area (Å²) in [6.07, 6.45) is 3.65. The summed E-state index contributed by atoms with van der Waals surface area (Å²) in [6, 6.07) is 0. The van der Waals surface area contributed by atoms with Gasteiger partial charge in [-0.25, -0.2) is 0 Å². The van der Waals surface area contributed by atoms with Crippen LogP contribution in [0.4, 0.5) is 0 Å². The van der Waals surface area contributed by atoms with Gasteiger partial charge in [0.05, 0.1) is 0 Å². The Bertz CT molecular complexity index is 536. The van der Waals surface area contributed by atoms with E-state index in [0.717, 1.165) is 25.7 Å². The first kappa shape index (κ1) is 21.3. The predicted octanol–water partition coefficient (Wildman–Crippen LogP) is 0.840. The van der Waals surface area contributed by atoms with Crippen molar-refractivity contribution in [3.8, 4) is 0 Å². The molecule has 0 heterocycles. The van der Waals surface area contributed by atoms with Crippen LogP contribution in [0.5, 0.6) is 0 Å². The molecule has 0 unspecified atom stereocenters. The van der Waals surface area contributed by atoms with Crippen LogP contribution in [0.2, 0.25) is 0 Å². The second-order valence-corrected chi connectivity index (χ2v) is 7.72. The summed E-state index contributed by atoms with van der Waals surface area (Å²) in [6.45, 7) is 4.08. The molecule has 24 heavy (non-hydrogen) atoms. The molecule has 6 nitrogen and oxygen atoms in total. The maximum absolute atomic E-state index is 11.9. The van der Waals surface area contributed by atoms with Crippen molar-refractivity contribution in [2.45, 2.75) is 46.0 Å². The van der Waals surface area contributed by atoms with E-state index in [-0.39, 0.29) is 33.7 Å². The third kappa shape index (κ3) is 5.10. The van der Waals surface area contributed by atoms with Gasteiger partial charge in [-0.1, -0.05) is 38.3 Å². The summed E-state index contributed by atoms with van der Waals surface area (Å²) in [5.41, 5.74) is -0.0667. The fourth-order valence-electron chi connectivity index (χ4n) is 2.21. The van der Waals surface area contributed by atoms with Gasteiger partial charge in [-0.2, -0.15) is 10.2 Å². The zero-order valence-electron chi connectivity index (χ0n) is 14.3. The van der Waals surface area contributed by atoms with E-state index >= 15 is 0 Å². The van der Waals surface area contributed by atoms with Crippen LogP contribution in [0.15, 0.2) is 10.2 Å². The molecule has 0 aromatic heterocycles. The largest absolute Gasteiger partial charge is 2.00 e. The van der Waals surface area contributed by atoms with E-state index in [1.54, 1.807) is 14.1 Å². The summed E-state index contributed by atoms with van der Waals surface area (Å²) in [7, 11) is 3.28. The predicted molar refractivity (Wildman–Crippen MR) is 94.9 cm³/mol. The van der Waals surface area contributed by atoms with Gasteiger partial charge in [0.15, 0.2) is 0 Å². The Balaban J connectivity index is 0.00000288. The number of hydrazone groups is 2. The Kier molecular flexibility index (Phi) is 6.75. The van der Waals surface area contributed by atoms with Gasteiger partial charge in [-0.05, 0) is 37.5 Å². The standard InChI is InChI=1S/C15H24N4O2S2.Ni/c1-14(5-6-14)12(22)18(3)16-10(20)9-11(21)17-19(4)13(23)15(2)7-8-15;/h5-9H2,1-4H3,(H,16,20)(H,17,21);/q;+2/p-2. The topological polar surface area (TPSA) is 77.3 Å². The van der Waals surface area contributed by atoms with Crippen molar-refractivity contribution in [3.05, 3.63) is 0 Å². The molecule has 2 aliphatic carbocycles. The molecule has 2 aliphatic rings. The maximum atomic E-state index is 11.9. The van der Waals surface area contributed by atoms with Crippen LogP contribution in [0.3, 0.4) is 0 Å². The van der Waals surface area contributed by atoms with Crippen molar-refractivity contribution in [3.63, 3.8) is 0 Å². The first-order chi connectivity index (χ1) is 10.6. The molecule has 136 valence electrons. The van der Waals surface area contributed by atoms with Crippen LogP contribution in [0.25, 0.3) is 0 Å². The fourth-order valence-corrected chi connectivity index (χ4v) is 2.70. The fraction of sp³-hybridized carbons (Fsp3) is 0.733. The number of hydrogen-bond acceptors (Lipinski definition) is 6. The van der Waals surface area contributed by atoms with Crippen molar-refractivity contribution in [1.29, 1.82) is 0 Å². The van der Waals surface area contributed by atoms with Crippen LogP contribution in [-0.4, -0.2) is 45.9 Å². The normalized spacial score (nSPS) is 20.7. The van der Waals surface area contributed by atoms with Gasteiger partial charge >= 0.3 is 16.5 Å². The first-order valence-electron chi connectivity index (χ1n) is 7.63. The number of thiocarbonyl (C=S) groups is 2. The van der Waals surface area contributed by atoms with Crippen molar-refractivity contribution in [2.75, 3.05) is 14.1 Å². The molecule has 0 atom stereocenters. The molecule has 9 heteroatoms. The van der Waals surface area contributed by atoms with Gasteiger partial charge in [0.2, 0.25) is 0 Å². The Morgan fingerprint density at radius 1 is 0.875 bits per heavy atom. The Morgan fingerprint density at radius 2 is 1.17 bits per heavy atom. The molecule has 0 amide bonds. The van der Waals surface area contributed by atoms with E-state index in [2.05, 4.69) is 10.2 Å². The SMILES string of the molecule is CN(/N=C(\[O-])C/C([O-])=N/N(C)C(=S)C1(C)CC1)C(=S)C1(C)CC1.[Ni+2]. The van der Waals surface area contributed by atoms with Crippen molar-refractivity contribution in [2.24, 2.45) is 21.0 Å². The summed E-state index contributed by atoms with van der Waals surface area (Å²) in [4.78, 5) is 1.27. The Morgan fingerprint density at radius 3 is 1.42 bits per heavy atom. The monoisotopic (exact) mass is 412 g/mol. The molecule has 2 saturated carbocycles. The molecule has 0 bridgehead atoms. The summed E-state index contributed by atoms with van der Waals surface area (Å²) < 4.78 is 0. The molecular weight excluding hydrogens is 391 g/mol. The molecule has 0 radical (unpaired) electrons. The minimum atomic E-state index is -0.551. The van der Waals surface area contributed by atoms with Gasteiger partial charge < -0.3 is 10.2 Å². The van der Waals surface area contributed by atoms with Crippen molar-refractivity contribution < 1.29 is 26.7 Å². The molecule has 2 fully saturated rings. The second-order valence-electron chi connectivity index (χ2n) is 6.94. The smallest absolute Gasteiger partial charge is 0.860 e. The first-order valence-corrected chi connectivity index (χ1v) is 8.44. The summed E-state index contributed by atoms with van der Waals surface area (Å²) in [5, 5.41) is 34.3. The molecule has 0 aromatic rings. The maximum Gasteiger partial charge on any atom is 2.00 e. The van der Waals surface area contributed by atoms with Crippen LogP contribution in [0, 0.1) is 10.8 Å². The average molecular weight is 413 g/mol. The van der Waals surface area contributed by atoms with Crippen LogP contribution in [0.1, 0.15) is 46.0 Å². The van der Waals surface area contributed by atoms with E-state index in [4.69, 9.17) is 24.4 Å². The number of rotatable bonds is 6. The number of nitrogens with zero attached hydrogens (tertiary/aromatic N) is 4. The Labute approximate surface area is 163 Å². The minimum absolute atomic E-state index is 0. The molecule has 0 aliphatic heterocycles. The van der Waals surface area contributed by atoms with E-state index in [9.17, 15) is 10.2 Å². The van der Waals surface area contributed by atoms with Crippen molar-refractivity contribution in [1.82, 2.24) is 10.0 Å². The summed E-state index contributed by atoms with van der Waals surface area (Å²) in [5.74, 6) is -1.10. The average Bonchev–Trinajstić information content (AvgIpc) is 3.37. The second kappa shape index (κ2) is 7.62. The van der Waals surface area contributed by atoms with E-state index in [1.165, 1.54) is 10.0 Å². The van der Waals surface area contributed by atoms with Gasteiger partial charge in [-0.15, -0.1) is 0 Å². The molecule has 0 aromatic carbocycles. The summed E-state index contributed by atoms with van der Waals surface area (Å²) >= 11 is 10.6. The molecule has 0 saturated heterocycles. The van der Waals surface area contributed by atoms with Gasteiger partial charge in [0.1, 0.15) is 9.98 Å². The van der Waals surface area contributed by atoms with E-state index < -0.39 is 11.8 Å².